The first-order chi connectivity index (χ1) is 14.1. The highest BCUT2D eigenvalue weighted by Crippen LogP contribution is 2.30. The van der Waals surface area contributed by atoms with Gasteiger partial charge in [0.1, 0.15) is 5.75 Å². The van der Waals surface area contributed by atoms with Gasteiger partial charge in [-0.15, -0.1) is 0 Å². The minimum absolute atomic E-state index is 0.0375. The third kappa shape index (κ3) is 5.43. The highest BCUT2D eigenvalue weighted by atomic mass is 32.2. The predicted molar refractivity (Wildman–Crippen MR) is 114 cm³/mol. The average Bonchev–Trinajstić information content (AvgIpc) is 2.71. The summed E-state index contributed by atoms with van der Waals surface area (Å²) in [5, 5.41) is 2.74. The maximum atomic E-state index is 13.0. The monoisotopic (exact) mass is 436 g/mol. The molecule has 164 valence electrons. The molecule has 9 heteroatoms. The first kappa shape index (κ1) is 23.5. The molecule has 8 nitrogen and oxygen atoms in total. The van der Waals surface area contributed by atoms with Gasteiger partial charge in [-0.05, 0) is 56.7 Å². The standard InChI is InChI=1S/C21H28N2O6S/c1-13(2)22-21(24)17-12-16(8-10-18(17)27-4)30(25,26)23-14(3)15-7-9-19(28-5)20(11-15)29-6/h7-14,23H,1-6H3,(H,22,24)/t14-/m1/s1. The molecular formula is C21H28N2O6S. The lowest BCUT2D eigenvalue weighted by Gasteiger charge is -2.18. The Morgan fingerprint density at radius 2 is 1.47 bits per heavy atom. The van der Waals surface area contributed by atoms with Crippen molar-refractivity contribution in [2.45, 2.75) is 37.8 Å². The van der Waals surface area contributed by atoms with E-state index in [1.165, 1.54) is 39.5 Å². The first-order valence-electron chi connectivity index (χ1n) is 9.36. The van der Waals surface area contributed by atoms with E-state index in [2.05, 4.69) is 10.0 Å². The normalized spacial score (nSPS) is 12.4. The molecule has 0 bridgehead atoms. The van der Waals surface area contributed by atoms with Crippen molar-refractivity contribution in [3.8, 4) is 17.2 Å². The summed E-state index contributed by atoms with van der Waals surface area (Å²) >= 11 is 0. The van der Waals surface area contributed by atoms with Crippen molar-refractivity contribution in [2.75, 3.05) is 21.3 Å². The number of rotatable bonds is 9. The average molecular weight is 437 g/mol. The number of amides is 1. The number of carbonyl (C=O) groups is 1. The van der Waals surface area contributed by atoms with E-state index in [0.29, 0.717) is 22.8 Å². The Labute approximate surface area is 177 Å². The second kappa shape index (κ2) is 9.82. The largest absolute Gasteiger partial charge is 0.496 e. The van der Waals surface area contributed by atoms with Crippen LogP contribution in [0.3, 0.4) is 0 Å². The molecule has 0 aromatic heterocycles. The van der Waals surface area contributed by atoms with Crippen LogP contribution in [-0.4, -0.2) is 41.7 Å². The summed E-state index contributed by atoms with van der Waals surface area (Å²) in [4.78, 5) is 12.4. The molecule has 1 amide bonds. The zero-order valence-electron chi connectivity index (χ0n) is 18.0. The number of sulfonamides is 1. The van der Waals surface area contributed by atoms with Gasteiger partial charge in [-0.2, -0.15) is 0 Å². The van der Waals surface area contributed by atoms with E-state index in [1.54, 1.807) is 25.1 Å². The van der Waals surface area contributed by atoms with E-state index in [-0.39, 0.29) is 16.5 Å². The maximum Gasteiger partial charge on any atom is 0.255 e. The molecule has 0 aliphatic heterocycles. The van der Waals surface area contributed by atoms with Crippen LogP contribution in [0.15, 0.2) is 41.3 Å². The van der Waals surface area contributed by atoms with Crippen molar-refractivity contribution >= 4 is 15.9 Å². The van der Waals surface area contributed by atoms with Crippen LogP contribution in [0.4, 0.5) is 0 Å². The van der Waals surface area contributed by atoms with Crippen LogP contribution in [0.2, 0.25) is 0 Å². The van der Waals surface area contributed by atoms with E-state index < -0.39 is 22.0 Å². The highest BCUT2D eigenvalue weighted by molar-refractivity contribution is 7.89. The summed E-state index contributed by atoms with van der Waals surface area (Å²) in [5.74, 6) is 0.928. The minimum Gasteiger partial charge on any atom is -0.496 e. The third-order valence-electron chi connectivity index (χ3n) is 4.39. The smallest absolute Gasteiger partial charge is 0.255 e. The van der Waals surface area contributed by atoms with Crippen LogP contribution in [0.5, 0.6) is 17.2 Å². The number of hydrogen-bond donors (Lipinski definition) is 2. The molecule has 0 saturated heterocycles. The summed E-state index contributed by atoms with van der Waals surface area (Å²) in [7, 11) is 0.553. The van der Waals surface area contributed by atoms with Crippen molar-refractivity contribution in [3.63, 3.8) is 0 Å². The molecule has 0 saturated carbocycles. The van der Waals surface area contributed by atoms with Gasteiger partial charge in [-0.1, -0.05) is 6.07 Å². The third-order valence-corrected chi connectivity index (χ3v) is 5.92. The van der Waals surface area contributed by atoms with Crippen LogP contribution in [0.1, 0.15) is 42.7 Å². The van der Waals surface area contributed by atoms with Gasteiger partial charge >= 0.3 is 0 Å². The Morgan fingerprint density at radius 3 is 2.03 bits per heavy atom. The molecule has 0 unspecified atom stereocenters. The Morgan fingerprint density at radius 1 is 0.867 bits per heavy atom. The number of nitrogens with one attached hydrogen (secondary N) is 2. The summed E-state index contributed by atoms with van der Waals surface area (Å²) in [6, 6.07) is 8.68. The fraction of sp³-hybridized carbons (Fsp3) is 0.381. The summed E-state index contributed by atoms with van der Waals surface area (Å²) in [6.45, 7) is 5.35. The number of ether oxygens (including phenoxy) is 3. The molecular weight excluding hydrogens is 408 g/mol. The number of benzene rings is 2. The lowest BCUT2D eigenvalue weighted by atomic mass is 10.1. The lowest BCUT2D eigenvalue weighted by Crippen LogP contribution is -2.31. The van der Waals surface area contributed by atoms with E-state index in [4.69, 9.17) is 14.2 Å². The molecule has 2 aromatic rings. The Bertz CT molecular complexity index is 1000. The number of methoxy groups -OCH3 is 3. The molecule has 0 heterocycles. The zero-order chi connectivity index (χ0) is 22.5. The van der Waals surface area contributed by atoms with Gasteiger partial charge < -0.3 is 19.5 Å². The fourth-order valence-electron chi connectivity index (χ4n) is 2.86. The van der Waals surface area contributed by atoms with Crippen molar-refractivity contribution in [3.05, 3.63) is 47.5 Å². The molecule has 0 spiro atoms. The Kier molecular flexibility index (Phi) is 7.69. The molecule has 2 rings (SSSR count). The van der Waals surface area contributed by atoms with Crippen LogP contribution in [0, 0.1) is 0 Å². The topological polar surface area (TPSA) is 103 Å². The summed E-state index contributed by atoms with van der Waals surface area (Å²) < 4.78 is 44.2. The molecule has 1 atom stereocenters. The van der Waals surface area contributed by atoms with Crippen LogP contribution in [0.25, 0.3) is 0 Å². The van der Waals surface area contributed by atoms with E-state index >= 15 is 0 Å². The van der Waals surface area contributed by atoms with Gasteiger partial charge in [0.25, 0.3) is 5.91 Å². The second-order valence-corrected chi connectivity index (χ2v) is 8.66. The van der Waals surface area contributed by atoms with Gasteiger partial charge in [0.05, 0.1) is 31.8 Å². The van der Waals surface area contributed by atoms with Gasteiger partial charge in [0.2, 0.25) is 10.0 Å². The molecule has 0 radical (unpaired) electrons. The second-order valence-electron chi connectivity index (χ2n) is 6.95. The maximum absolute atomic E-state index is 13.0. The molecule has 30 heavy (non-hydrogen) atoms. The van der Waals surface area contributed by atoms with Crippen molar-refractivity contribution in [1.82, 2.24) is 10.0 Å². The first-order valence-corrected chi connectivity index (χ1v) is 10.8. The number of hydrogen-bond acceptors (Lipinski definition) is 6. The molecule has 0 fully saturated rings. The molecule has 2 aromatic carbocycles. The van der Waals surface area contributed by atoms with E-state index in [0.717, 1.165) is 0 Å². The predicted octanol–water partition coefficient (Wildman–Crippen LogP) is 2.89. The fourth-order valence-corrected chi connectivity index (χ4v) is 4.12. The van der Waals surface area contributed by atoms with E-state index in [1.807, 2.05) is 13.8 Å². The van der Waals surface area contributed by atoms with Gasteiger partial charge in [-0.3, -0.25) is 4.79 Å². The van der Waals surface area contributed by atoms with Crippen LogP contribution < -0.4 is 24.2 Å². The highest BCUT2D eigenvalue weighted by Gasteiger charge is 2.23. The molecule has 2 N–H and O–H groups in total. The quantitative estimate of drug-likeness (QED) is 0.627. The molecule has 0 aliphatic rings. The summed E-state index contributed by atoms with van der Waals surface area (Å²) in [6.07, 6.45) is 0. The van der Waals surface area contributed by atoms with Crippen molar-refractivity contribution < 1.29 is 27.4 Å². The van der Waals surface area contributed by atoms with Crippen LogP contribution >= 0.6 is 0 Å². The van der Waals surface area contributed by atoms with Crippen LogP contribution in [-0.2, 0) is 10.0 Å². The molecule has 0 aliphatic carbocycles. The minimum atomic E-state index is -3.91. The van der Waals surface area contributed by atoms with Gasteiger partial charge in [-0.25, -0.2) is 13.1 Å². The SMILES string of the molecule is COc1ccc([C@@H](C)NS(=O)(=O)c2ccc(OC)c(C(=O)NC(C)C)c2)cc1OC. The zero-order valence-corrected chi connectivity index (χ0v) is 18.8. The lowest BCUT2D eigenvalue weighted by molar-refractivity contribution is 0.0940. The number of carbonyl (C=O) groups excluding carboxylic acids is 1. The van der Waals surface area contributed by atoms with Crippen molar-refractivity contribution in [2.24, 2.45) is 0 Å². The van der Waals surface area contributed by atoms with Gasteiger partial charge in [0.15, 0.2) is 11.5 Å². The van der Waals surface area contributed by atoms with Gasteiger partial charge in [0, 0.05) is 12.1 Å². The Balaban J connectivity index is 2.34. The Hall–Kier alpha value is -2.78. The summed E-state index contributed by atoms with van der Waals surface area (Å²) in [5.41, 5.74) is 0.843. The van der Waals surface area contributed by atoms with E-state index in [9.17, 15) is 13.2 Å². The van der Waals surface area contributed by atoms with Crippen molar-refractivity contribution in [1.29, 1.82) is 0 Å².